The largest absolute Gasteiger partial charge is 0.389 e. The SMILES string of the molecule is CC(C)(O)CN1CCOC(O[C@H]2CCC34CC35CCC3(C)C6CCC([C@H](O)C(C)(C)O)OC6CC3C5CCC4C2(C)C)C1. The van der Waals surface area contributed by atoms with Crippen LogP contribution in [-0.4, -0.2) is 88.4 Å². The van der Waals surface area contributed by atoms with E-state index in [1.165, 1.54) is 38.5 Å². The van der Waals surface area contributed by atoms with Gasteiger partial charge in [-0.3, -0.25) is 4.90 Å². The van der Waals surface area contributed by atoms with Crippen molar-refractivity contribution in [3.05, 3.63) is 0 Å². The predicted octanol–water partition coefficient (Wildman–Crippen LogP) is 5.14. The molecule has 2 aliphatic heterocycles. The Hall–Kier alpha value is -0.280. The van der Waals surface area contributed by atoms with E-state index < -0.39 is 17.3 Å². The van der Waals surface area contributed by atoms with Gasteiger partial charge >= 0.3 is 0 Å². The van der Waals surface area contributed by atoms with Crippen LogP contribution in [0, 0.1) is 45.3 Å². The first kappa shape index (κ1) is 31.3. The summed E-state index contributed by atoms with van der Waals surface area (Å²) in [6.07, 6.45) is 11.4. The zero-order valence-corrected chi connectivity index (χ0v) is 28.1. The number of β-amino-alcohol motifs (C(OH)–C–C–N with tert-alkyl or cyclic N) is 1. The van der Waals surface area contributed by atoms with Gasteiger partial charge in [0.15, 0.2) is 6.29 Å². The summed E-state index contributed by atoms with van der Waals surface area (Å²) in [4.78, 5) is 2.29. The molecule has 0 aromatic heterocycles. The second-order valence-corrected chi connectivity index (χ2v) is 18.4. The first-order valence-electron chi connectivity index (χ1n) is 17.8. The van der Waals surface area contributed by atoms with E-state index in [-0.39, 0.29) is 30.0 Å². The topological polar surface area (TPSA) is 91.6 Å². The van der Waals surface area contributed by atoms with Crippen LogP contribution in [0.4, 0.5) is 0 Å². The highest BCUT2D eigenvalue weighted by atomic mass is 16.7. The predicted molar refractivity (Wildman–Crippen MR) is 165 cm³/mol. The third-order valence-corrected chi connectivity index (χ3v) is 14.7. The van der Waals surface area contributed by atoms with Crippen LogP contribution >= 0.6 is 0 Å². The molecule has 7 heteroatoms. The maximum Gasteiger partial charge on any atom is 0.170 e. The number of rotatable bonds is 6. The van der Waals surface area contributed by atoms with Gasteiger partial charge in [-0.1, -0.05) is 20.8 Å². The zero-order valence-electron chi connectivity index (χ0n) is 28.1. The molecule has 10 unspecified atom stereocenters. The highest BCUT2D eigenvalue weighted by Gasteiger charge is 2.80. The molecule has 2 saturated heterocycles. The fourth-order valence-electron chi connectivity index (χ4n) is 12.8. The van der Waals surface area contributed by atoms with Gasteiger partial charge in [0, 0.05) is 19.6 Å². The lowest BCUT2D eigenvalue weighted by Gasteiger charge is -2.60. The maximum atomic E-state index is 10.8. The molecular formula is C36H61NO6. The summed E-state index contributed by atoms with van der Waals surface area (Å²) in [6.45, 7) is 17.6. The van der Waals surface area contributed by atoms with Gasteiger partial charge in [-0.25, -0.2) is 0 Å². The van der Waals surface area contributed by atoms with Crippen LogP contribution in [0.25, 0.3) is 0 Å². The number of hydrogen-bond acceptors (Lipinski definition) is 7. The molecule has 2 heterocycles. The monoisotopic (exact) mass is 603 g/mol. The van der Waals surface area contributed by atoms with E-state index in [0.29, 0.717) is 47.2 Å². The molecular weight excluding hydrogens is 542 g/mol. The second kappa shape index (κ2) is 10.1. The molecule has 12 atom stereocenters. The van der Waals surface area contributed by atoms with Crippen LogP contribution in [0.5, 0.6) is 0 Å². The van der Waals surface area contributed by atoms with Crippen LogP contribution in [0.15, 0.2) is 0 Å². The van der Waals surface area contributed by atoms with Gasteiger partial charge in [-0.15, -0.1) is 0 Å². The number of hydrogen-bond donors (Lipinski definition) is 3. The Kier molecular flexibility index (Phi) is 7.37. The quantitative estimate of drug-likeness (QED) is 0.387. The smallest absolute Gasteiger partial charge is 0.170 e. The molecule has 3 N–H and O–H groups in total. The lowest BCUT2D eigenvalue weighted by Crippen LogP contribution is -2.56. The molecule has 0 radical (unpaired) electrons. The number of fused-ring (bicyclic) bond motifs is 4. The number of aliphatic hydroxyl groups is 3. The maximum absolute atomic E-state index is 10.8. The van der Waals surface area contributed by atoms with Gasteiger partial charge in [0.05, 0.1) is 36.1 Å². The molecule has 2 spiro atoms. The Bertz CT molecular complexity index is 1070. The Balaban J connectivity index is 1.04. The van der Waals surface area contributed by atoms with E-state index in [4.69, 9.17) is 14.2 Å². The van der Waals surface area contributed by atoms with Gasteiger partial charge in [0.25, 0.3) is 0 Å². The van der Waals surface area contributed by atoms with Gasteiger partial charge in [0.2, 0.25) is 0 Å². The number of nitrogens with zero attached hydrogens (tertiary/aromatic N) is 1. The van der Waals surface area contributed by atoms with Crippen molar-refractivity contribution in [3.8, 4) is 0 Å². The van der Waals surface area contributed by atoms with Gasteiger partial charge in [-0.05, 0) is 137 Å². The van der Waals surface area contributed by atoms with E-state index in [9.17, 15) is 15.3 Å². The summed E-state index contributed by atoms with van der Waals surface area (Å²) in [6, 6.07) is 0. The molecule has 0 bridgehead atoms. The summed E-state index contributed by atoms with van der Waals surface area (Å²) in [5.41, 5.74) is -0.435. The number of aliphatic hydroxyl groups excluding tert-OH is 1. The third-order valence-electron chi connectivity index (χ3n) is 14.7. The van der Waals surface area contributed by atoms with Crippen LogP contribution in [0.2, 0.25) is 0 Å². The van der Waals surface area contributed by atoms with Crippen molar-refractivity contribution >= 4 is 0 Å². The van der Waals surface area contributed by atoms with Crippen LogP contribution in [0.1, 0.15) is 113 Å². The first-order chi connectivity index (χ1) is 20.0. The first-order valence-corrected chi connectivity index (χ1v) is 17.8. The molecule has 7 nitrogen and oxygen atoms in total. The van der Waals surface area contributed by atoms with Crippen molar-refractivity contribution in [3.63, 3.8) is 0 Å². The Morgan fingerprint density at radius 3 is 2.37 bits per heavy atom. The zero-order chi connectivity index (χ0) is 30.8. The molecule has 0 aromatic carbocycles. The minimum atomic E-state index is -1.14. The van der Waals surface area contributed by atoms with Crippen molar-refractivity contribution in [1.29, 1.82) is 0 Å². The normalized spacial score (nSPS) is 50.1. The lowest BCUT2D eigenvalue weighted by atomic mass is 9.46. The highest BCUT2D eigenvalue weighted by molar-refractivity contribution is 5.29. The van der Waals surface area contributed by atoms with Crippen LogP contribution < -0.4 is 0 Å². The number of ether oxygens (including phenoxy) is 3. The highest BCUT2D eigenvalue weighted by Crippen LogP contribution is 2.87. The summed E-state index contributed by atoms with van der Waals surface area (Å²) in [7, 11) is 0. The molecule has 5 saturated carbocycles. The van der Waals surface area contributed by atoms with E-state index in [2.05, 4.69) is 25.7 Å². The summed E-state index contributed by atoms with van der Waals surface area (Å²) in [5.74, 6) is 2.78. The minimum Gasteiger partial charge on any atom is -0.389 e. The van der Waals surface area contributed by atoms with Crippen molar-refractivity contribution in [2.24, 2.45) is 45.3 Å². The van der Waals surface area contributed by atoms with Crippen molar-refractivity contribution < 1.29 is 29.5 Å². The Morgan fingerprint density at radius 2 is 1.65 bits per heavy atom. The van der Waals surface area contributed by atoms with Crippen molar-refractivity contribution in [1.82, 2.24) is 4.90 Å². The lowest BCUT2D eigenvalue weighted by molar-refractivity contribution is -0.247. The summed E-state index contributed by atoms with van der Waals surface area (Å²) >= 11 is 0. The molecule has 7 fully saturated rings. The Morgan fingerprint density at radius 1 is 0.907 bits per heavy atom. The number of morpholine rings is 1. The molecule has 43 heavy (non-hydrogen) atoms. The standard InChI is InChI=1S/C36H61NO6/c1-31(2,39)21-37-16-17-41-29(19-37)43-28-12-13-36-20-35(36)15-14-34(7)23-8-10-25(30(38)33(5,6)40)42-26(23)18-24(34)22(35)9-11-27(36)32(28,3)4/h22-30,38-40H,8-21H2,1-7H3/t22?,23?,24?,25?,26?,27?,28-,29?,30-,34?,35?,36?/m0/s1. The van der Waals surface area contributed by atoms with Crippen LogP contribution in [0.3, 0.4) is 0 Å². The van der Waals surface area contributed by atoms with Gasteiger partial charge in [0.1, 0.15) is 6.10 Å². The van der Waals surface area contributed by atoms with E-state index >= 15 is 0 Å². The third kappa shape index (κ3) is 4.83. The molecule has 7 rings (SSSR count). The van der Waals surface area contributed by atoms with E-state index in [0.717, 1.165) is 44.7 Å². The van der Waals surface area contributed by atoms with Gasteiger partial charge in [-0.2, -0.15) is 0 Å². The molecule has 5 aliphatic carbocycles. The summed E-state index contributed by atoms with van der Waals surface area (Å²) in [5, 5.41) is 31.7. The minimum absolute atomic E-state index is 0.114. The van der Waals surface area contributed by atoms with Crippen molar-refractivity contribution in [2.75, 3.05) is 26.2 Å². The van der Waals surface area contributed by atoms with Crippen molar-refractivity contribution in [2.45, 2.75) is 155 Å². The van der Waals surface area contributed by atoms with Crippen LogP contribution in [-0.2, 0) is 14.2 Å². The molecule has 0 aromatic rings. The molecule has 246 valence electrons. The molecule has 7 aliphatic rings. The Labute approximate surface area is 260 Å². The average Bonchev–Trinajstić information content (AvgIpc) is 3.48. The summed E-state index contributed by atoms with van der Waals surface area (Å²) < 4.78 is 19.7. The van der Waals surface area contributed by atoms with E-state index in [1.807, 2.05) is 13.8 Å². The van der Waals surface area contributed by atoms with E-state index in [1.54, 1.807) is 13.8 Å². The fraction of sp³-hybridized carbons (Fsp3) is 1.00. The second-order valence-electron chi connectivity index (χ2n) is 18.4. The van der Waals surface area contributed by atoms with Gasteiger partial charge < -0.3 is 29.5 Å². The molecule has 0 amide bonds. The average molecular weight is 604 g/mol. The fourth-order valence-corrected chi connectivity index (χ4v) is 12.8.